The van der Waals surface area contributed by atoms with Crippen molar-refractivity contribution in [3.05, 3.63) is 52.8 Å². The molecule has 0 fully saturated rings. The van der Waals surface area contributed by atoms with Crippen LogP contribution in [0.3, 0.4) is 0 Å². The second kappa shape index (κ2) is 5.46. The maximum absolute atomic E-state index is 12.6. The number of aromatic amines is 1. The Bertz CT molecular complexity index is 606. The number of hydrogen-bond donors (Lipinski definition) is 2. The van der Waals surface area contributed by atoms with Gasteiger partial charge in [-0.3, -0.25) is 9.89 Å². The van der Waals surface area contributed by atoms with Crippen molar-refractivity contribution in [2.45, 2.75) is 19.5 Å². The van der Waals surface area contributed by atoms with Crippen LogP contribution >= 0.6 is 0 Å². The summed E-state index contributed by atoms with van der Waals surface area (Å²) >= 11 is 0. The monoisotopic (exact) mass is 270 g/mol. The number of H-pyrrole nitrogens is 1. The van der Waals surface area contributed by atoms with Gasteiger partial charge >= 0.3 is 0 Å². The first-order chi connectivity index (χ1) is 9.75. The Morgan fingerprint density at radius 3 is 3.15 bits per heavy atom. The molecular weight excluding hydrogens is 252 g/mol. The van der Waals surface area contributed by atoms with E-state index in [1.165, 1.54) is 11.1 Å². The number of benzene rings is 1. The van der Waals surface area contributed by atoms with E-state index in [2.05, 4.69) is 21.6 Å². The molecule has 0 saturated heterocycles. The Hall–Kier alpha value is -2.14. The smallest absolute Gasteiger partial charge is 0.254 e. The lowest BCUT2D eigenvalue weighted by Crippen LogP contribution is -2.30. The molecule has 2 heterocycles. The maximum atomic E-state index is 12.6. The molecule has 0 spiro atoms. The van der Waals surface area contributed by atoms with Crippen LogP contribution in [-0.2, 0) is 19.5 Å². The molecule has 1 aliphatic rings. The summed E-state index contributed by atoms with van der Waals surface area (Å²) in [6.07, 6.45) is 4.47. The highest BCUT2D eigenvalue weighted by molar-refractivity contribution is 5.96. The fraction of sp³-hybridized carbons (Fsp3) is 0.333. The molecule has 0 unspecified atom stereocenters. The second-order valence-corrected chi connectivity index (χ2v) is 5.14. The number of carbonyl (C=O) groups is 1. The molecular formula is C15H18N4O. The van der Waals surface area contributed by atoms with Gasteiger partial charge in [0.15, 0.2) is 0 Å². The highest BCUT2D eigenvalue weighted by atomic mass is 16.2. The number of aromatic nitrogens is 2. The van der Waals surface area contributed by atoms with Crippen molar-refractivity contribution in [3.63, 3.8) is 0 Å². The van der Waals surface area contributed by atoms with Gasteiger partial charge in [-0.2, -0.15) is 5.10 Å². The lowest BCUT2D eigenvalue weighted by Gasteiger charge is -2.23. The first kappa shape index (κ1) is 12.9. The van der Waals surface area contributed by atoms with E-state index in [1.807, 2.05) is 25.4 Å². The second-order valence-electron chi connectivity index (χ2n) is 5.14. The molecule has 1 aromatic carbocycles. The SMILES string of the molecule is CN(Cc1cn[nH]c1)C(=O)c1cccc2c1CCNC2. The van der Waals surface area contributed by atoms with Crippen molar-refractivity contribution in [2.75, 3.05) is 13.6 Å². The zero-order chi connectivity index (χ0) is 13.9. The van der Waals surface area contributed by atoms with Gasteiger partial charge in [0.05, 0.1) is 6.20 Å². The van der Waals surface area contributed by atoms with Crippen LogP contribution in [0.2, 0.25) is 0 Å². The molecule has 3 rings (SSSR count). The van der Waals surface area contributed by atoms with Gasteiger partial charge in [0, 0.05) is 37.5 Å². The van der Waals surface area contributed by atoms with Crippen molar-refractivity contribution in [1.82, 2.24) is 20.4 Å². The van der Waals surface area contributed by atoms with Gasteiger partial charge in [-0.1, -0.05) is 12.1 Å². The lowest BCUT2D eigenvalue weighted by molar-refractivity contribution is 0.0783. The summed E-state index contributed by atoms with van der Waals surface area (Å²) in [4.78, 5) is 14.4. The van der Waals surface area contributed by atoms with Crippen LogP contribution in [0.1, 0.15) is 27.0 Å². The predicted octanol–water partition coefficient (Wildman–Crippen LogP) is 1.33. The quantitative estimate of drug-likeness (QED) is 0.884. The molecule has 0 aliphatic carbocycles. The van der Waals surface area contributed by atoms with Crippen LogP contribution in [0.5, 0.6) is 0 Å². The molecule has 1 aliphatic heterocycles. The third kappa shape index (κ3) is 2.44. The molecule has 0 radical (unpaired) electrons. The zero-order valence-electron chi connectivity index (χ0n) is 11.5. The van der Waals surface area contributed by atoms with Gasteiger partial charge < -0.3 is 10.2 Å². The molecule has 1 aromatic heterocycles. The molecule has 0 atom stereocenters. The lowest BCUT2D eigenvalue weighted by atomic mass is 9.95. The summed E-state index contributed by atoms with van der Waals surface area (Å²) in [6, 6.07) is 5.98. The van der Waals surface area contributed by atoms with E-state index in [0.29, 0.717) is 6.54 Å². The number of hydrogen-bond acceptors (Lipinski definition) is 3. The van der Waals surface area contributed by atoms with Crippen molar-refractivity contribution in [2.24, 2.45) is 0 Å². The van der Waals surface area contributed by atoms with Crippen LogP contribution in [0.25, 0.3) is 0 Å². The van der Waals surface area contributed by atoms with Gasteiger partial charge in [-0.05, 0) is 30.2 Å². The molecule has 20 heavy (non-hydrogen) atoms. The Labute approximate surface area is 118 Å². The number of fused-ring (bicyclic) bond motifs is 1. The highest BCUT2D eigenvalue weighted by Crippen LogP contribution is 2.20. The third-order valence-corrected chi connectivity index (χ3v) is 3.69. The predicted molar refractivity (Wildman–Crippen MR) is 76.2 cm³/mol. The number of nitrogens with one attached hydrogen (secondary N) is 2. The van der Waals surface area contributed by atoms with Crippen LogP contribution in [0.15, 0.2) is 30.6 Å². The van der Waals surface area contributed by atoms with Crippen molar-refractivity contribution >= 4 is 5.91 Å². The average molecular weight is 270 g/mol. The Balaban J connectivity index is 1.83. The molecule has 0 bridgehead atoms. The third-order valence-electron chi connectivity index (χ3n) is 3.69. The average Bonchev–Trinajstić information content (AvgIpc) is 2.99. The van der Waals surface area contributed by atoms with Crippen molar-refractivity contribution in [3.8, 4) is 0 Å². The van der Waals surface area contributed by atoms with E-state index in [1.54, 1.807) is 11.1 Å². The van der Waals surface area contributed by atoms with Crippen LogP contribution in [0, 0.1) is 0 Å². The number of amides is 1. The Morgan fingerprint density at radius 1 is 1.45 bits per heavy atom. The normalized spacial score (nSPS) is 13.8. The zero-order valence-corrected chi connectivity index (χ0v) is 11.5. The first-order valence-corrected chi connectivity index (χ1v) is 6.80. The topological polar surface area (TPSA) is 61.0 Å². The van der Waals surface area contributed by atoms with Gasteiger partial charge in [0.1, 0.15) is 0 Å². The van der Waals surface area contributed by atoms with E-state index >= 15 is 0 Å². The van der Waals surface area contributed by atoms with Crippen LogP contribution < -0.4 is 5.32 Å². The van der Waals surface area contributed by atoms with Crippen molar-refractivity contribution < 1.29 is 4.79 Å². The summed E-state index contributed by atoms with van der Waals surface area (Å²) in [7, 11) is 1.83. The molecule has 5 heteroatoms. The Kier molecular flexibility index (Phi) is 3.52. The summed E-state index contributed by atoms with van der Waals surface area (Å²) < 4.78 is 0. The minimum atomic E-state index is 0.0740. The van der Waals surface area contributed by atoms with Crippen LogP contribution in [-0.4, -0.2) is 34.6 Å². The first-order valence-electron chi connectivity index (χ1n) is 6.80. The summed E-state index contributed by atoms with van der Waals surface area (Å²) in [6.45, 7) is 2.35. The molecule has 5 nitrogen and oxygen atoms in total. The van der Waals surface area contributed by atoms with E-state index < -0.39 is 0 Å². The van der Waals surface area contributed by atoms with Gasteiger partial charge in [-0.15, -0.1) is 0 Å². The fourth-order valence-electron chi connectivity index (χ4n) is 2.65. The van der Waals surface area contributed by atoms with E-state index in [9.17, 15) is 4.79 Å². The molecule has 1 amide bonds. The standard InChI is InChI=1S/C15H18N4O/c1-19(10-11-7-17-18-8-11)15(20)14-4-2-3-12-9-16-6-5-13(12)14/h2-4,7-8,16H,5-6,9-10H2,1H3,(H,17,18). The fourth-order valence-corrected chi connectivity index (χ4v) is 2.65. The minimum absolute atomic E-state index is 0.0740. The number of carbonyl (C=O) groups excluding carboxylic acids is 1. The van der Waals surface area contributed by atoms with E-state index in [0.717, 1.165) is 30.6 Å². The maximum Gasteiger partial charge on any atom is 0.254 e. The summed E-state index contributed by atoms with van der Waals surface area (Å²) in [5.41, 5.74) is 4.26. The summed E-state index contributed by atoms with van der Waals surface area (Å²) in [5, 5.41) is 10.0. The summed E-state index contributed by atoms with van der Waals surface area (Å²) in [5.74, 6) is 0.0740. The van der Waals surface area contributed by atoms with Crippen LogP contribution in [0.4, 0.5) is 0 Å². The van der Waals surface area contributed by atoms with Gasteiger partial charge in [0.2, 0.25) is 0 Å². The van der Waals surface area contributed by atoms with Gasteiger partial charge in [0.25, 0.3) is 5.91 Å². The molecule has 0 saturated carbocycles. The highest BCUT2D eigenvalue weighted by Gasteiger charge is 2.20. The minimum Gasteiger partial charge on any atom is -0.337 e. The van der Waals surface area contributed by atoms with Gasteiger partial charge in [-0.25, -0.2) is 0 Å². The number of rotatable bonds is 3. The molecule has 2 N–H and O–H groups in total. The van der Waals surface area contributed by atoms with E-state index in [-0.39, 0.29) is 5.91 Å². The molecule has 2 aromatic rings. The van der Waals surface area contributed by atoms with E-state index in [4.69, 9.17) is 0 Å². The van der Waals surface area contributed by atoms with Crippen molar-refractivity contribution in [1.29, 1.82) is 0 Å². The largest absolute Gasteiger partial charge is 0.337 e. The Morgan fingerprint density at radius 2 is 2.35 bits per heavy atom. The molecule has 104 valence electrons. The number of nitrogens with zero attached hydrogens (tertiary/aromatic N) is 2.